The summed E-state index contributed by atoms with van der Waals surface area (Å²) in [5.41, 5.74) is 0.303. The Hall–Kier alpha value is -2.86. The Labute approximate surface area is 176 Å². The Morgan fingerprint density at radius 3 is 2.63 bits per heavy atom. The number of carboxylic acids is 1. The molecule has 0 radical (unpaired) electrons. The van der Waals surface area contributed by atoms with E-state index in [1.807, 2.05) is 42.5 Å². The van der Waals surface area contributed by atoms with Gasteiger partial charge in [0.15, 0.2) is 0 Å². The summed E-state index contributed by atoms with van der Waals surface area (Å²) in [5.74, 6) is -1.53. The largest absolute Gasteiger partial charge is 0.480 e. The lowest BCUT2D eigenvalue weighted by atomic mass is 9.87. The number of hydrogen-bond acceptors (Lipinski definition) is 4. The molecule has 1 aliphatic heterocycles. The summed E-state index contributed by atoms with van der Waals surface area (Å²) in [5, 5.41) is 14.6. The van der Waals surface area contributed by atoms with Gasteiger partial charge in [0.25, 0.3) is 0 Å². The van der Waals surface area contributed by atoms with Crippen LogP contribution in [0.2, 0.25) is 0 Å². The summed E-state index contributed by atoms with van der Waals surface area (Å²) in [6.07, 6.45) is 1.29. The van der Waals surface area contributed by atoms with Crippen LogP contribution in [0, 0.1) is 5.92 Å². The molecule has 6 heteroatoms. The zero-order chi connectivity index (χ0) is 21.9. The second-order valence-corrected chi connectivity index (χ2v) is 8.62. The van der Waals surface area contributed by atoms with Gasteiger partial charge in [0, 0.05) is 5.92 Å². The van der Waals surface area contributed by atoms with Gasteiger partial charge in [-0.2, -0.15) is 0 Å². The highest BCUT2D eigenvalue weighted by molar-refractivity contribution is 5.86. The Morgan fingerprint density at radius 2 is 1.97 bits per heavy atom. The molecule has 2 N–H and O–H groups in total. The van der Waals surface area contributed by atoms with Crippen molar-refractivity contribution in [2.75, 3.05) is 0 Å². The summed E-state index contributed by atoms with van der Waals surface area (Å²) in [6, 6.07) is 12.9. The van der Waals surface area contributed by atoms with Crippen LogP contribution in [-0.4, -0.2) is 34.9 Å². The van der Waals surface area contributed by atoms with Gasteiger partial charge in [-0.15, -0.1) is 6.58 Å². The molecule has 0 saturated carbocycles. The third-order valence-electron chi connectivity index (χ3n) is 5.24. The minimum absolute atomic E-state index is 0.270. The molecule has 2 aromatic rings. The first-order chi connectivity index (χ1) is 14.2. The standard InChI is InChI=1S/C24H29NO5/c1-5-9-19-18(21(22(26)27)25-23(28)30-24(2,3)4)14-20(29-19)17-13-8-11-15-10-6-7-12-16(15)17/h5-8,10-13,18-21H,1,9,14H2,2-4H3,(H,25,28)(H,26,27)/t18-,19-,20?,21?/m0/s1. The van der Waals surface area contributed by atoms with E-state index >= 15 is 0 Å². The molecule has 30 heavy (non-hydrogen) atoms. The highest BCUT2D eigenvalue weighted by Gasteiger charge is 2.44. The quantitative estimate of drug-likeness (QED) is 0.665. The fourth-order valence-electron chi connectivity index (χ4n) is 4.03. The third-order valence-corrected chi connectivity index (χ3v) is 5.24. The molecule has 1 amide bonds. The van der Waals surface area contributed by atoms with Crippen molar-refractivity contribution in [3.05, 3.63) is 60.7 Å². The number of fused-ring (bicyclic) bond motifs is 1. The van der Waals surface area contributed by atoms with Crippen molar-refractivity contribution in [2.24, 2.45) is 5.92 Å². The van der Waals surface area contributed by atoms with Crippen LogP contribution in [0.1, 0.15) is 45.3 Å². The number of aliphatic carboxylic acids is 1. The maximum atomic E-state index is 12.3. The molecule has 2 unspecified atom stereocenters. The van der Waals surface area contributed by atoms with E-state index in [1.54, 1.807) is 26.8 Å². The van der Waals surface area contributed by atoms with Crippen molar-refractivity contribution in [2.45, 2.75) is 57.5 Å². The molecule has 0 bridgehead atoms. The molecule has 1 aliphatic rings. The summed E-state index contributed by atoms with van der Waals surface area (Å²) in [6.45, 7) is 8.98. The van der Waals surface area contributed by atoms with Gasteiger partial charge in [-0.3, -0.25) is 0 Å². The van der Waals surface area contributed by atoms with E-state index in [1.165, 1.54) is 0 Å². The molecule has 0 spiro atoms. The molecule has 0 aromatic heterocycles. The lowest BCUT2D eigenvalue weighted by Crippen LogP contribution is -2.49. The van der Waals surface area contributed by atoms with E-state index in [4.69, 9.17) is 9.47 Å². The SMILES string of the molecule is C=CC[C@@H]1OC(c2cccc3ccccc23)C[C@@H]1C(NC(=O)OC(C)(C)C)C(=O)O. The van der Waals surface area contributed by atoms with Crippen LogP contribution in [0.4, 0.5) is 4.79 Å². The smallest absolute Gasteiger partial charge is 0.408 e. The van der Waals surface area contributed by atoms with Crippen molar-refractivity contribution in [1.29, 1.82) is 0 Å². The number of carboxylic acid groups (broad SMARTS) is 1. The molecule has 0 aliphatic carbocycles. The summed E-state index contributed by atoms with van der Waals surface area (Å²) >= 11 is 0. The predicted octanol–water partition coefficient (Wildman–Crippen LogP) is 4.84. The van der Waals surface area contributed by atoms with Gasteiger partial charge in [0.1, 0.15) is 11.6 Å². The van der Waals surface area contributed by atoms with Gasteiger partial charge in [-0.05, 0) is 49.9 Å². The maximum absolute atomic E-state index is 12.3. The highest BCUT2D eigenvalue weighted by Crippen LogP contribution is 2.42. The van der Waals surface area contributed by atoms with Crippen LogP contribution in [0.15, 0.2) is 55.1 Å². The monoisotopic (exact) mass is 411 g/mol. The van der Waals surface area contributed by atoms with Crippen molar-refractivity contribution in [3.63, 3.8) is 0 Å². The Bertz CT molecular complexity index is 927. The molecule has 1 fully saturated rings. The summed E-state index contributed by atoms with van der Waals surface area (Å²) < 4.78 is 11.6. The average molecular weight is 411 g/mol. The molecule has 1 heterocycles. The van der Waals surface area contributed by atoms with E-state index < -0.39 is 29.6 Å². The van der Waals surface area contributed by atoms with Gasteiger partial charge < -0.3 is 19.9 Å². The molecule has 1 saturated heterocycles. The second kappa shape index (κ2) is 8.88. The Kier molecular flexibility index (Phi) is 6.46. The summed E-state index contributed by atoms with van der Waals surface area (Å²) in [7, 11) is 0. The number of nitrogens with one attached hydrogen (secondary N) is 1. The number of alkyl carbamates (subject to hydrolysis) is 1. The number of benzene rings is 2. The molecular weight excluding hydrogens is 382 g/mol. The van der Waals surface area contributed by atoms with Crippen LogP contribution in [-0.2, 0) is 14.3 Å². The van der Waals surface area contributed by atoms with E-state index in [9.17, 15) is 14.7 Å². The number of carbonyl (C=O) groups excluding carboxylic acids is 1. The first kappa shape index (κ1) is 21.8. The molecule has 2 aromatic carbocycles. The second-order valence-electron chi connectivity index (χ2n) is 8.62. The number of rotatable bonds is 6. The molecule has 160 valence electrons. The van der Waals surface area contributed by atoms with E-state index in [0.717, 1.165) is 16.3 Å². The Balaban J connectivity index is 1.87. The van der Waals surface area contributed by atoms with Gasteiger partial charge in [0.2, 0.25) is 0 Å². The predicted molar refractivity (Wildman–Crippen MR) is 115 cm³/mol. The third kappa shape index (κ3) is 5.00. The van der Waals surface area contributed by atoms with Crippen LogP contribution in [0.25, 0.3) is 10.8 Å². The van der Waals surface area contributed by atoms with Crippen molar-refractivity contribution in [1.82, 2.24) is 5.32 Å². The van der Waals surface area contributed by atoms with Gasteiger partial charge >= 0.3 is 12.1 Å². The zero-order valence-corrected chi connectivity index (χ0v) is 17.6. The highest BCUT2D eigenvalue weighted by atomic mass is 16.6. The fourth-order valence-corrected chi connectivity index (χ4v) is 4.03. The van der Waals surface area contributed by atoms with Crippen LogP contribution in [0.5, 0.6) is 0 Å². The van der Waals surface area contributed by atoms with Gasteiger partial charge in [0.05, 0.1) is 12.2 Å². The number of hydrogen-bond donors (Lipinski definition) is 2. The first-order valence-electron chi connectivity index (χ1n) is 10.2. The number of ether oxygens (including phenoxy) is 2. The molecular formula is C24H29NO5. The van der Waals surface area contributed by atoms with Gasteiger partial charge in [-0.1, -0.05) is 48.5 Å². The van der Waals surface area contributed by atoms with E-state index in [-0.39, 0.29) is 12.2 Å². The number of carbonyl (C=O) groups is 2. The van der Waals surface area contributed by atoms with E-state index in [2.05, 4.69) is 11.9 Å². The lowest BCUT2D eigenvalue weighted by Gasteiger charge is -2.26. The normalized spacial score (nSPS) is 22.4. The minimum atomic E-state index is -1.12. The molecule has 4 atom stereocenters. The van der Waals surface area contributed by atoms with Gasteiger partial charge in [-0.25, -0.2) is 9.59 Å². The topological polar surface area (TPSA) is 84.9 Å². The molecule has 6 nitrogen and oxygen atoms in total. The van der Waals surface area contributed by atoms with Crippen molar-refractivity contribution in [3.8, 4) is 0 Å². The van der Waals surface area contributed by atoms with Crippen LogP contribution >= 0.6 is 0 Å². The summed E-state index contributed by atoms with van der Waals surface area (Å²) in [4.78, 5) is 24.3. The lowest BCUT2D eigenvalue weighted by molar-refractivity contribution is -0.141. The fraction of sp³-hybridized carbons (Fsp3) is 0.417. The number of amides is 1. The first-order valence-corrected chi connectivity index (χ1v) is 10.2. The maximum Gasteiger partial charge on any atom is 0.408 e. The van der Waals surface area contributed by atoms with Crippen LogP contribution in [0.3, 0.4) is 0 Å². The van der Waals surface area contributed by atoms with Crippen molar-refractivity contribution >= 4 is 22.8 Å². The average Bonchev–Trinajstić information content (AvgIpc) is 3.07. The van der Waals surface area contributed by atoms with E-state index in [0.29, 0.717) is 12.8 Å². The Morgan fingerprint density at radius 1 is 1.27 bits per heavy atom. The van der Waals surface area contributed by atoms with Crippen LogP contribution < -0.4 is 5.32 Å². The molecule has 3 rings (SSSR count). The van der Waals surface area contributed by atoms with Crippen molar-refractivity contribution < 1.29 is 24.2 Å². The zero-order valence-electron chi connectivity index (χ0n) is 17.6. The minimum Gasteiger partial charge on any atom is -0.480 e.